The van der Waals surface area contributed by atoms with E-state index < -0.39 is 0 Å². The van der Waals surface area contributed by atoms with Crippen molar-refractivity contribution in [3.63, 3.8) is 0 Å². The van der Waals surface area contributed by atoms with Gasteiger partial charge in [-0.15, -0.1) is 0 Å². The van der Waals surface area contributed by atoms with E-state index in [0.717, 1.165) is 24.3 Å². The molecule has 1 heterocycles. The summed E-state index contributed by atoms with van der Waals surface area (Å²) in [7, 11) is 1.93. The van der Waals surface area contributed by atoms with Gasteiger partial charge in [-0.05, 0) is 42.2 Å². The summed E-state index contributed by atoms with van der Waals surface area (Å²) in [5, 5.41) is 3.64. The second kappa shape index (κ2) is 5.94. The van der Waals surface area contributed by atoms with Gasteiger partial charge in [-0.3, -0.25) is 4.99 Å². The van der Waals surface area contributed by atoms with Crippen molar-refractivity contribution in [3.05, 3.63) is 35.4 Å². The molecule has 0 amide bonds. The Morgan fingerprint density at radius 1 is 1.18 bits per heavy atom. The highest BCUT2D eigenvalue weighted by atomic mass is 15.3. The van der Waals surface area contributed by atoms with Gasteiger partial charge in [0.25, 0.3) is 0 Å². The topological polar surface area (TPSA) is 27.6 Å². The van der Waals surface area contributed by atoms with E-state index in [-0.39, 0.29) is 0 Å². The van der Waals surface area contributed by atoms with Crippen molar-refractivity contribution in [1.82, 2.24) is 10.2 Å². The molecule has 0 bridgehead atoms. The molecule has 1 N–H and O–H groups in total. The fraction of sp³-hybridized carbons (Fsp3) is 0.632. The van der Waals surface area contributed by atoms with Crippen molar-refractivity contribution in [2.45, 2.75) is 38.0 Å². The lowest BCUT2D eigenvalue weighted by Gasteiger charge is -2.32. The number of nitrogens with one attached hydrogen (secondary N) is 1. The fourth-order valence-corrected chi connectivity index (χ4v) is 4.67. The summed E-state index contributed by atoms with van der Waals surface area (Å²) < 4.78 is 0. The summed E-state index contributed by atoms with van der Waals surface area (Å²) in [6.45, 7) is 3.45. The van der Waals surface area contributed by atoms with Crippen LogP contribution in [-0.2, 0) is 6.42 Å². The molecule has 3 aliphatic rings. The van der Waals surface area contributed by atoms with Gasteiger partial charge in [0, 0.05) is 32.6 Å². The number of fused-ring (bicyclic) bond motifs is 2. The van der Waals surface area contributed by atoms with E-state index in [1.165, 1.54) is 56.3 Å². The van der Waals surface area contributed by atoms with Crippen molar-refractivity contribution >= 4 is 5.96 Å². The highest BCUT2D eigenvalue weighted by Gasteiger charge is 2.36. The lowest BCUT2D eigenvalue weighted by molar-refractivity contribution is 0.299. The van der Waals surface area contributed by atoms with Crippen LogP contribution >= 0.6 is 0 Å². The van der Waals surface area contributed by atoms with Crippen LogP contribution in [0.1, 0.15) is 42.7 Å². The number of hydrogen-bond donors (Lipinski definition) is 1. The minimum Gasteiger partial charge on any atom is -0.356 e. The van der Waals surface area contributed by atoms with Gasteiger partial charge in [0.15, 0.2) is 5.96 Å². The number of guanidine groups is 1. The van der Waals surface area contributed by atoms with Gasteiger partial charge in [-0.25, -0.2) is 0 Å². The first-order chi connectivity index (χ1) is 10.8. The standard InChI is InChI=1S/C19H27N3/c1-20-19(22-12-15-7-2-3-8-16(15)13-22)21-11-17-10-14-6-4-5-9-18(14)17/h4-6,9,15-17H,2-3,7-8,10-13H2,1H3,(H,20,21). The van der Waals surface area contributed by atoms with Gasteiger partial charge in [-0.2, -0.15) is 0 Å². The summed E-state index contributed by atoms with van der Waals surface area (Å²) >= 11 is 0. The van der Waals surface area contributed by atoms with E-state index in [2.05, 4.69) is 39.5 Å². The molecule has 3 atom stereocenters. The molecule has 3 nitrogen and oxygen atoms in total. The zero-order chi connectivity index (χ0) is 14.9. The molecule has 1 aromatic rings. The third-order valence-corrected chi connectivity index (χ3v) is 5.96. The van der Waals surface area contributed by atoms with Crippen LogP contribution in [-0.4, -0.2) is 37.5 Å². The summed E-state index contributed by atoms with van der Waals surface area (Å²) in [6, 6.07) is 8.84. The Morgan fingerprint density at radius 2 is 1.91 bits per heavy atom. The fourth-order valence-electron chi connectivity index (χ4n) is 4.67. The minimum atomic E-state index is 0.665. The number of likely N-dealkylation sites (tertiary alicyclic amines) is 1. The number of rotatable bonds is 2. The van der Waals surface area contributed by atoms with Crippen LogP contribution in [0.5, 0.6) is 0 Å². The van der Waals surface area contributed by atoms with Crippen molar-refractivity contribution in [1.29, 1.82) is 0 Å². The molecule has 118 valence electrons. The molecule has 1 saturated heterocycles. The molecule has 4 rings (SSSR count). The van der Waals surface area contributed by atoms with Crippen molar-refractivity contribution < 1.29 is 0 Å². The van der Waals surface area contributed by atoms with Crippen LogP contribution in [0.3, 0.4) is 0 Å². The smallest absolute Gasteiger partial charge is 0.193 e. The van der Waals surface area contributed by atoms with Crippen LogP contribution in [0, 0.1) is 11.8 Å². The maximum atomic E-state index is 4.55. The first-order valence-corrected chi connectivity index (χ1v) is 8.88. The summed E-state index contributed by atoms with van der Waals surface area (Å²) in [4.78, 5) is 7.05. The van der Waals surface area contributed by atoms with Crippen LogP contribution in [0.15, 0.2) is 29.3 Å². The maximum absolute atomic E-state index is 4.55. The number of nitrogens with zero attached hydrogens (tertiary/aromatic N) is 2. The van der Waals surface area contributed by atoms with E-state index in [0.29, 0.717) is 5.92 Å². The van der Waals surface area contributed by atoms with Crippen LogP contribution in [0.4, 0.5) is 0 Å². The van der Waals surface area contributed by atoms with Crippen molar-refractivity contribution in [2.75, 3.05) is 26.7 Å². The molecule has 1 saturated carbocycles. The van der Waals surface area contributed by atoms with Crippen molar-refractivity contribution in [2.24, 2.45) is 16.8 Å². The molecular weight excluding hydrogens is 270 g/mol. The quantitative estimate of drug-likeness (QED) is 0.671. The number of benzene rings is 1. The Morgan fingerprint density at radius 3 is 2.59 bits per heavy atom. The molecule has 1 aromatic carbocycles. The van der Waals surface area contributed by atoms with E-state index in [4.69, 9.17) is 0 Å². The zero-order valence-electron chi connectivity index (χ0n) is 13.6. The molecule has 22 heavy (non-hydrogen) atoms. The Hall–Kier alpha value is -1.51. The molecule has 1 aliphatic heterocycles. The molecular formula is C19H27N3. The third-order valence-electron chi connectivity index (χ3n) is 5.96. The second-order valence-corrected chi connectivity index (χ2v) is 7.24. The zero-order valence-corrected chi connectivity index (χ0v) is 13.6. The van der Waals surface area contributed by atoms with Gasteiger partial charge in [-0.1, -0.05) is 37.1 Å². The monoisotopic (exact) mass is 297 g/mol. The minimum absolute atomic E-state index is 0.665. The predicted molar refractivity (Wildman–Crippen MR) is 91.3 cm³/mol. The number of hydrogen-bond acceptors (Lipinski definition) is 1. The highest BCUT2D eigenvalue weighted by molar-refractivity contribution is 5.80. The van der Waals surface area contributed by atoms with Crippen LogP contribution in [0.25, 0.3) is 0 Å². The molecule has 3 unspecified atom stereocenters. The molecule has 3 heteroatoms. The van der Waals surface area contributed by atoms with Gasteiger partial charge < -0.3 is 10.2 Å². The Kier molecular flexibility index (Phi) is 3.81. The second-order valence-electron chi connectivity index (χ2n) is 7.24. The molecule has 2 fully saturated rings. The highest BCUT2D eigenvalue weighted by Crippen LogP contribution is 2.36. The van der Waals surface area contributed by atoms with Crippen LogP contribution < -0.4 is 5.32 Å². The van der Waals surface area contributed by atoms with Crippen molar-refractivity contribution in [3.8, 4) is 0 Å². The van der Waals surface area contributed by atoms with Crippen LogP contribution in [0.2, 0.25) is 0 Å². The van der Waals surface area contributed by atoms with Gasteiger partial charge in [0.2, 0.25) is 0 Å². The van der Waals surface area contributed by atoms with Gasteiger partial charge in [0.05, 0.1) is 0 Å². The first-order valence-electron chi connectivity index (χ1n) is 8.88. The Labute approximate surface area is 133 Å². The lowest BCUT2D eigenvalue weighted by Crippen LogP contribution is -2.43. The van der Waals surface area contributed by atoms with E-state index in [1.807, 2.05) is 7.05 Å². The van der Waals surface area contributed by atoms with E-state index >= 15 is 0 Å². The Bertz CT molecular complexity index is 552. The SMILES string of the molecule is CN=C(NCC1Cc2ccccc21)N1CC2CCCCC2C1. The average Bonchev–Trinajstić information content (AvgIpc) is 2.95. The Balaban J connectivity index is 1.34. The molecule has 0 radical (unpaired) electrons. The molecule has 2 aliphatic carbocycles. The summed E-state index contributed by atoms with van der Waals surface area (Å²) in [5.74, 6) is 3.62. The first kappa shape index (κ1) is 14.1. The van der Waals surface area contributed by atoms with Gasteiger partial charge >= 0.3 is 0 Å². The third kappa shape index (κ3) is 2.51. The lowest BCUT2D eigenvalue weighted by atomic mass is 9.78. The predicted octanol–water partition coefficient (Wildman–Crippen LogP) is 3.02. The normalized spacial score (nSPS) is 30.5. The summed E-state index contributed by atoms with van der Waals surface area (Å²) in [5.41, 5.74) is 3.05. The van der Waals surface area contributed by atoms with E-state index in [9.17, 15) is 0 Å². The molecule has 0 spiro atoms. The number of aliphatic imine (C=N–C) groups is 1. The molecule has 0 aromatic heterocycles. The van der Waals surface area contributed by atoms with Gasteiger partial charge in [0.1, 0.15) is 0 Å². The average molecular weight is 297 g/mol. The van der Waals surface area contributed by atoms with E-state index in [1.54, 1.807) is 0 Å². The summed E-state index contributed by atoms with van der Waals surface area (Å²) in [6.07, 6.45) is 6.92. The maximum Gasteiger partial charge on any atom is 0.193 e. The largest absolute Gasteiger partial charge is 0.356 e.